The Hall–Kier alpha value is -1.75. The van der Waals surface area contributed by atoms with E-state index in [0.29, 0.717) is 0 Å². The number of halogens is 1. The van der Waals surface area contributed by atoms with Crippen molar-refractivity contribution in [3.8, 4) is 0 Å². The highest BCUT2D eigenvalue weighted by Crippen LogP contribution is 2.49. The normalized spacial score (nSPS) is 19.6. The lowest BCUT2D eigenvalue weighted by Crippen LogP contribution is -2.53. The van der Waals surface area contributed by atoms with Crippen molar-refractivity contribution in [1.82, 2.24) is 4.98 Å². The number of benzene rings is 2. The average molecular weight is 355 g/mol. The SMILES string of the molecule is Cl[Si]1(c2ccccc2)Sc2ccccc2N1Cc1ccccn1. The maximum atomic E-state index is 7.28. The third-order valence-corrected chi connectivity index (χ3v) is 11.7. The molecule has 1 unspecified atom stereocenters. The molecule has 3 aromatic rings. The molecule has 23 heavy (non-hydrogen) atoms. The molecule has 1 aromatic heterocycles. The largest absolute Gasteiger partial charge is 0.367 e. The number of rotatable bonds is 3. The molecule has 5 heteroatoms. The minimum atomic E-state index is -2.40. The summed E-state index contributed by atoms with van der Waals surface area (Å²) in [6, 6.07) is 24.9. The molecule has 0 saturated heterocycles. The van der Waals surface area contributed by atoms with E-state index in [1.165, 1.54) is 15.8 Å². The molecule has 0 aliphatic carbocycles. The number of hydrogen-bond acceptors (Lipinski definition) is 3. The van der Waals surface area contributed by atoms with Gasteiger partial charge in [0, 0.05) is 16.8 Å². The Kier molecular flexibility index (Phi) is 3.89. The van der Waals surface area contributed by atoms with Gasteiger partial charge in [-0.05, 0) is 29.5 Å². The summed E-state index contributed by atoms with van der Waals surface area (Å²) in [6.07, 6.45) is 1.84. The Balaban J connectivity index is 1.80. The van der Waals surface area contributed by atoms with Gasteiger partial charge in [-0.1, -0.05) is 48.5 Å². The van der Waals surface area contributed by atoms with E-state index in [0.717, 1.165) is 12.2 Å². The highest BCUT2D eigenvalue weighted by Gasteiger charge is 2.48. The smallest absolute Gasteiger partial charge is 0.355 e. The van der Waals surface area contributed by atoms with Gasteiger partial charge in [-0.15, -0.1) is 22.3 Å². The van der Waals surface area contributed by atoms with Crippen LogP contribution in [0.2, 0.25) is 0 Å². The molecule has 0 amide bonds. The first-order valence-electron chi connectivity index (χ1n) is 7.47. The molecule has 0 saturated carbocycles. The number of anilines is 1. The predicted octanol–water partition coefficient (Wildman–Crippen LogP) is 4.28. The molecule has 1 aliphatic rings. The van der Waals surface area contributed by atoms with Crippen LogP contribution in [0.15, 0.2) is 83.9 Å². The van der Waals surface area contributed by atoms with Gasteiger partial charge in [-0.25, -0.2) is 0 Å². The third-order valence-electron chi connectivity index (χ3n) is 3.92. The number of para-hydroxylation sites is 1. The van der Waals surface area contributed by atoms with E-state index in [2.05, 4.69) is 64.1 Å². The summed E-state index contributed by atoms with van der Waals surface area (Å²) in [7, 11) is 0. The first-order valence-corrected chi connectivity index (χ1v) is 12.0. The summed E-state index contributed by atoms with van der Waals surface area (Å²) < 4.78 is 2.37. The molecule has 0 fully saturated rings. The Morgan fingerprint density at radius 1 is 0.913 bits per heavy atom. The second kappa shape index (κ2) is 6.04. The number of aromatic nitrogens is 1. The Bertz CT molecular complexity index is 816. The first-order chi connectivity index (χ1) is 11.3. The number of hydrogen-bond donors (Lipinski definition) is 0. The molecular weight excluding hydrogens is 340 g/mol. The fourth-order valence-corrected chi connectivity index (χ4v) is 10.2. The van der Waals surface area contributed by atoms with Crippen molar-refractivity contribution in [2.24, 2.45) is 0 Å². The van der Waals surface area contributed by atoms with Crippen LogP contribution in [0.5, 0.6) is 0 Å². The Morgan fingerprint density at radius 3 is 2.43 bits per heavy atom. The van der Waals surface area contributed by atoms with E-state index in [4.69, 9.17) is 11.1 Å². The average Bonchev–Trinajstić information content (AvgIpc) is 2.90. The third kappa shape index (κ3) is 2.67. The zero-order chi connectivity index (χ0) is 15.7. The van der Waals surface area contributed by atoms with E-state index >= 15 is 0 Å². The van der Waals surface area contributed by atoms with Crippen molar-refractivity contribution in [1.29, 1.82) is 0 Å². The maximum absolute atomic E-state index is 7.28. The molecule has 4 rings (SSSR count). The first kappa shape index (κ1) is 14.8. The summed E-state index contributed by atoms with van der Waals surface area (Å²) >= 11 is 9.10. The lowest BCUT2D eigenvalue weighted by molar-refractivity contribution is 0.962. The van der Waals surface area contributed by atoms with Gasteiger partial charge in [0.1, 0.15) is 0 Å². The van der Waals surface area contributed by atoms with Gasteiger partial charge in [0.15, 0.2) is 0 Å². The molecule has 2 nitrogen and oxygen atoms in total. The van der Waals surface area contributed by atoms with Gasteiger partial charge in [0.25, 0.3) is 0 Å². The van der Waals surface area contributed by atoms with Crippen molar-refractivity contribution in [3.63, 3.8) is 0 Å². The molecule has 0 bridgehead atoms. The van der Waals surface area contributed by atoms with Gasteiger partial charge in [-0.2, -0.15) is 0 Å². The van der Waals surface area contributed by atoms with Crippen LogP contribution < -0.4 is 9.75 Å². The maximum Gasteiger partial charge on any atom is 0.355 e. The lowest BCUT2D eigenvalue weighted by atomic mass is 10.3. The monoisotopic (exact) mass is 354 g/mol. The summed E-state index contributed by atoms with van der Waals surface area (Å²) in [5.41, 5.74) is 2.26. The molecule has 0 radical (unpaired) electrons. The Morgan fingerprint density at radius 2 is 1.65 bits per heavy atom. The summed E-state index contributed by atoms with van der Waals surface area (Å²) in [4.78, 5) is 5.75. The van der Waals surface area contributed by atoms with E-state index in [-0.39, 0.29) is 0 Å². The second-order valence-corrected chi connectivity index (χ2v) is 13.0. The zero-order valence-electron chi connectivity index (χ0n) is 12.4. The van der Waals surface area contributed by atoms with Crippen LogP contribution in [0.25, 0.3) is 0 Å². The fraction of sp³-hybridized carbons (Fsp3) is 0.0556. The van der Waals surface area contributed by atoms with E-state index in [1.807, 2.05) is 35.6 Å². The van der Waals surface area contributed by atoms with Crippen LogP contribution >= 0.6 is 22.3 Å². The van der Waals surface area contributed by atoms with Crippen molar-refractivity contribution in [2.75, 3.05) is 4.57 Å². The second-order valence-electron chi connectivity index (χ2n) is 5.40. The van der Waals surface area contributed by atoms with Gasteiger partial charge in [0.2, 0.25) is 0 Å². The van der Waals surface area contributed by atoms with Crippen LogP contribution in [-0.4, -0.2) is 11.7 Å². The van der Waals surface area contributed by atoms with E-state index < -0.39 is 6.69 Å². The predicted molar refractivity (Wildman–Crippen MR) is 100 cm³/mol. The standard InChI is InChI=1S/C18H15ClN2SSi/c19-23(16-9-2-1-3-10-16)21(14-15-8-6-7-13-20-15)17-11-4-5-12-18(17)22-23/h1-13H,14H2. The Labute approximate surface area is 145 Å². The molecule has 2 aromatic carbocycles. The van der Waals surface area contributed by atoms with Crippen LogP contribution in [0.4, 0.5) is 5.69 Å². The van der Waals surface area contributed by atoms with Gasteiger partial charge in [0.05, 0.1) is 12.2 Å². The quantitative estimate of drug-likeness (QED) is 0.516. The van der Waals surface area contributed by atoms with Crippen LogP contribution in [0.3, 0.4) is 0 Å². The minimum absolute atomic E-state index is 0.732. The molecule has 1 atom stereocenters. The summed E-state index contributed by atoms with van der Waals surface area (Å²) in [5, 5.41) is 1.22. The van der Waals surface area contributed by atoms with E-state index in [9.17, 15) is 0 Å². The van der Waals surface area contributed by atoms with Gasteiger partial charge < -0.3 is 4.57 Å². The molecule has 0 N–H and O–H groups in total. The van der Waals surface area contributed by atoms with Gasteiger partial charge in [-0.3, -0.25) is 4.98 Å². The fourth-order valence-electron chi connectivity index (χ4n) is 2.82. The highest BCUT2D eigenvalue weighted by molar-refractivity contribution is 8.36. The van der Waals surface area contributed by atoms with Crippen LogP contribution in [-0.2, 0) is 6.54 Å². The molecule has 0 spiro atoms. The number of fused-ring (bicyclic) bond motifs is 1. The van der Waals surface area contributed by atoms with Crippen LogP contribution in [0, 0.1) is 0 Å². The van der Waals surface area contributed by atoms with Crippen molar-refractivity contribution < 1.29 is 0 Å². The lowest BCUT2D eigenvalue weighted by Gasteiger charge is -2.31. The molecular formula is C18H15ClN2SSi. The molecule has 2 heterocycles. The van der Waals surface area contributed by atoms with Crippen molar-refractivity contribution in [3.05, 3.63) is 84.7 Å². The van der Waals surface area contributed by atoms with Gasteiger partial charge >= 0.3 is 6.69 Å². The van der Waals surface area contributed by atoms with E-state index in [1.54, 1.807) is 0 Å². The summed E-state index contributed by atoms with van der Waals surface area (Å²) in [6.45, 7) is -1.67. The minimum Gasteiger partial charge on any atom is -0.367 e. The molecule has 1 aliphatic heterocycles. The number of nitrogens with zero attached hydrogens (tertiary/aromatic N) is 2. The number of pyridine rings is 1. The van der Waals surface area contributed by atoms with Crippen molar-refractivity contribution >= 4 is 39.9 Å². The van der Waals surface area contributed by atoms with Crippen LogP contribution in [0.1, 0.15) is 5.69 Å². The zero-order valence-corrected chi connectivity index (χ0v) is 15.0. The summed E-state index contributed by atoms with van der Waals surface area (Å²) in [5.74, 6) is 0. The highest BCUT2D eigenvalue weighted by atomic mass is 35.6. The topological polar surface area (TPSA) is 16.1 Å². The molecule has 114 valence electrons. The van der Waals surface area contributed by atoms with Crippen molar-refractivity contribution in [2.45, 2.75) is 11.4 Å².